The number of piperidine rings is 1. The van der Waals surface area contributed by atoms with E-state index in [0.717, 1.165) is 24.8 Å². The van der Waals surface area contributed by atoms with Gasteiger partial charge in [-0.25, -0.2) is 0 Å². The van der Waals surface area contributed by atoms with Crippen LogP contribution in [0.3, 0.4) is 0 Å². The van der Waals surface area contributed by atoms with Crippen molar-refractivity contribution in [2.24, 2.45) is 17.6 Å². The van der Waals surface area contributed by atoms with Gasteiger partial charge in [-0.15, -0.1) is 0 Å². The van der Waals surface area contributed by atoms with E-state index in [1.54, 1.807) is 0 Å². The van der Waals surface area contributed by atoms with Crippen LogP contribution in [0.4, 0.5) is 5.69 Å². The quantitative estimate of drug-likeness (QED) is 0.888. The Morgan fingerprint density at radius 2 is 2.06 bits per heavy atom. The molecule has 0 amide bonds. The Morgan fingerprint density at radius 1 is 1.28 bits per heavy atom. The van der Waals surface area contributed by atoms with Crippen LogP contribution in [0.25, 0.3) is 0 Å². The molecule has 0 saturated carbocycles. The lowest BCUT2D eigenvalue weighted by Crippen LogP contribution is -2.38. The van der Waals surface area contributed by atoms with Gasteiger partial charge in [0.05, 0.1) is 0 Å². The molecule has 100 valence electrons. The highest BCUT2D eigenvalue weighted by Gasteiger charge is 2.23. The standard InChI is InChI=1S/C16H26N2/c1-12-7-9-18(11-14(12)3)16-5-4-15(6-8-17)10-13(16)2/h4-5,10,12,14H,6-9,11,17H2,1-3H3. The van der Waals surface area contributed by atoms with E-state index in [1.165, 1.54) is 36.3 Å². The van der Waals surface area contributed by atoms with Gasteiger partial charge in [-0.2, -0.15) is 0 Å². The fraction of sp³-hybridized carbons (Fsp3) is 0.625. The van der Waals surface area contributed by atoms with Gasteiger partial charge in [0, 0.05) is 18.8 Å². The van der Waals surface area contributed by atoms with Crippen LogP contribution in [0, 0.1) is 18.8 Å². The molecule has 2 heteroatoms. The van der Waals surface area contributed by atoms with Gasteiger partial charge in [-0.1, -0.05) is 26.0 Å². The van der Waals surface area contributed by atoms with Crippen LogP contribution in [-0.2, 0) is 6.42 Å². The maximum absolute atomic E-state index is 5.61. The Balaban J connectivity index is 2.13. The second kappa shape index (κ2) is 5.75. The molecule has 1 aromatic carbocycles. The molecule has 2 rings (SSSR count). The zero-order chi connectivity index (χ0) is 13.1. The van der Waals surface area contributed by atoms with Crippen LogP contribution < -0.4 is 10.6 Å². The molecule has 0 bridgehead atoms. The largest absolute Gasteiger partial charge is 0.371 e. The summed E-state index contributed by atoms with van der Waals surface area (Å²) in [6, 6.07) is 6.81. The minimum Gasteiger partial charge on any atom is -0.371 e. The predicted octanol–water partition coefficient (Wildman–Crippen LogP) is 2.98. The Bertz CT molecular complexity index is 400. The predicted molar refractivity (Wildman–Crippen MR) is 79.1 cm³/mol. The highest BCUT2D eigenvalue weighted by Crippen LogP contribution is 2.29. The van der Waals surface area contributed by atoms with E-state index in [2.05, 4.69) is 43.9 Å². The average molecular weight is 246 g/mol. The minimum atomic E-state index is 0.733. The van der Waals surface area contributed by atoms with Crippen LogP contribution >= 0.6 is 0 Å². The van der Waals surface area contributed by atoms with E-state index in [9.17, 15) is 0 Å². The van der Waals surface area contributed by atoms with Gasteiger partial charge < -0.3 is 10.6 Å². The molecule has 0 radical (unpaired) electrons. The summed E-state index contributed by atoms with van der Waals surface area (Å²) in [7, 11) is 0. The van der Waals surface area contributed by atoms with E-state index in [0.29, 0.717) is 0 Å². The lowest BCUT2D eigenvalue weighted by molar-refractivity contribution is 0.324. The summed E-state index contributed by atoms with van der Waals surface area (Å²) in [6.45, 7) is 10.1. The van der Waals surface area contributed by atoms with Crippen molar-refractivity contribution in [1.29, 1.82) is 0 Å². The molecule has 1 heterocycles. The first-order chi connectivity index (χ1) is 8.61. The SMILES string of the molecule is Cc1cc(CCN)ccc1N1CCC(C)C(C)C1. The first kappa shape index (κ1) is 13.4. The van der Waals surface area contributed by atoms with Gasteiger partial charge in [-0.3, -0.25) is 0 Å². The second-order valence-electron chi connectivity index (χ2n) is 5.85. The number of nitrogens with zero attached hydrogens (tertiary/aromatic N) is 1. The van der Waals surface area contributed by atoms with Crippen molar-refractivity contribution in [3.05, 3.63) is 29.3 Å². The zero-order valence-corrected chi connectivity index (χ0v) is 11.9. The molecule has 18 heavy (non-hydrogen) atoms. The van der Waals surface area contributed by atoms with Crippen molar-refractivity contribution < 1.29 is 0 Å². The Kier molecular flexibility index (Phi) is 4.28. The minimum absolute atomic E-state index is 0.733. The van der Waals surface area contributed by atoms with Crippen molar-refractivity contribution in [3.8, 4) is 0 Å². The molecule has 0 aliphatic carbocycles. The van der Waals surface area contributed by atoms with Crippen LogP contribution in [0.15, 0.2) is 18.2 Å². The highest BCUT2D eigenvalue weighted by molar-refractivity contribution is 5.54. The Hall–Kier alpha value is -1.02. The van der Waals surface area contributed by atoms with E-state index in [4.69, 9.17) is 5.73 Å². The molecule has 1 saturated heterocycles. The van der Waals surface area contributed by atoms with Crippen molar-refractivity contribution in [2.75, 3.05) is 24.5 Å². The maximum Gasteiger partial charge on any atom is 0.0396 e. The molecule has 0 aromatic heterocycles. The summed E-state index contributed by atoms with van der Waals surface area (Å²) in [5, 5.41) is 0. The monoisotopic (exact) mass is 246 g/mol. The van der Waals surface area contributed by atoms with Gasteiger partial charge in [0.1, 0.15) is 0 Å². The Labute approximate surface area is 111 Å². The van der Waals surface area contributed by atoms with Gasteiger partial charge in [0.25, 0.3) is 0 Å². The molecule has 2 unspecified atom stereocenters. The topological polar surface area (TPSA) is 29.3 Å². The van der Waals surface area contributed by atoms with Crippen molar-refractivity contribution >= 4 is 5.69 Å². The normalized spacial score (nSPS) is 24.3. The summed E-state index contributed by atoms with van der Waals surface area (Å²) < 4.78 is 0. The number of benzene rings is 1. The number of hydrogen-bond acceptors (Lipinski definition) is 2. The fourth-order valence-corrected chi connectivity index (χ4v) is 2.88. The smallest absolute Gasteiger partial charge is 0.0396 e. The molecular formula is C16H26N2. The third kappa shape index (κ3) is 2.86. The van der Waals surface area contributed by atoms with Crippen molar-refractivity contribution in [2.45, 2.75) is 33.6 Å². The van der Waals surface area contributed by atoms with Gasteiger partial charge in [0.15, 0.2) is 0 Å². The summed E-state index contributed by atoms with van der Waals surface area (Å²) in [4.78, 5) is 2.55. The van der Waals surface area contributed by atoms with Gasteiger partial charge >= 0.3 is 0 Å². The van der Waals surface area contributed by atoms with E-state index < -0.39 is 0 Å². The molecule has 2 nitrogen and oxygen atoms in total. The molecular weight excluding hydrogens is 220 g/mol. The summed E-state index contributed by atoms with van der Waals surface area (Å²) >= 11 is 0. The lowest BCUT2D eigenvalue weighted by atomic mass is 9.88. The number of aryl methyl sites for hydroxylation is 1. The average Bonchev–Trinajstić information content (AvgIpc) is 2.34. The van der Waals surface area contributed by atoms with Gasteiger partial charge in [-0.05, 0) is 55.3 Å². The third-order valence-corrected chi connectivity index (χ3v) is 4.37. The zero-order valence-electron chi connectivity index (χ0n) is 11.9. The van der Waals surface area contributed by atoms with Crippen molar-refractivity contribution in [3.63, 3.8) is 0 Å². The molecule has 1 aromatic rings. The maximum atomic E-state index is 5.61. The number of anilines is 1. The molecule has 1 aliphatic heterocycles. The number of nitrogens with two attached hydrogens (primary N) is 1. The van der Waals surface area contributed by atoms with Crippen molar-refractivity contribution in [1.82, 2.24) is 0 Å². The molecule has 1 fully saturated rings. The summed E-state index contributed by atoms with van der Waals surface area (Å²) in [5.41, 5.74) is 9.78. The number of rotatable bonds is 3. The van der Waals surface area contributed by atoms with E-state index >= 15 is 0 Å². The van der Waals surface area contributed by atoms with E-state index in [-0.39, 0.29) is 0 Å². The van der Waals surface area contributed by atoms with Crippen LogP contribution in [-0.4, -0.2) is 19.6 Å². The molecule has 2 atom stereocenters. The molecule has 2 N–H and O–H groups in total. The van der Waals surface area contributed by atoms with Crippen LogP contribution in [0.1, 0.15) is 31.4 Å². The van der Waals surface area contributed by atoms with Crippen LogP contribution in [0.2, 0.25) is 0 Å². The molecule has 0 spiro atoms. The van der Waals surface area contributed by atoms with E-state index in [1.807, 2.05) is 0 Å². The molecule has 1 aliphatic rings. The fourth-order valence-electron chi connectivity index (χ4n) is 2.88. The second-order valence-corrected chi connectivity index (χ2v) is 5.85. The van der Waals surface area contributed by atoms with Crippen LogP contribution in [0.5, 0.6) is 0 Å². The highest BCUT2D eigenvalue weighted by atomic mass is 15.1. The lowest BCUT2D eigenvalue weighted by Gasteiger charge is -2.37. The Morgan fingerprint density at radius 3 is 2.67 bits per heavy atom. The summed E-state index contributed by atoms with van der Waals surface area (Å²) in [5.74, 6) is 1.65. The summed E-state index contributed by atoms with van der Waals surface area (Å²) in [6.07, 6.45) is 2.29. The number of hydrogen-bond donors (Lipinski definition) is 1. The third-order valence-electron chi connectivity index (χ3n) is 4.37. The van der Waals surface area contributed by atoms with Gasteiger partial charge in [0.2, 0.25) is 0 Å². The first-order valence-corrected chi connectivity index (χ1v) is 7.16. The first-order valence-electron chi connectivity index (χ1n) is 7.16.